The highest BCUT2D eigenvalue weighted by atomic mass is 16.5. The van der Waals surface area contributed by atoms with Crippen LogP contribution in [0.15, 0.2) is 54.6 Å². The van der Waals surface area contributed by atoms with Gasteiger partial charge in [-0.15, -0.1) is 0 Å². The smallest absolute Gasteiger partial charge is 0.152 e. The number of fused-ring (bicyclic) bond motifs is 1. The molecule has 0 aliphatic rings. The summed E-state index contributed by atoms with van der Waals surface area (Å²) >= 11 is 0. The van der Waals surface area contributed by atoms with Crippen molar-refractivity contribution in [2.45, 2.75) is 13.8 Å². The predicted molar refractivity (Wildman–Crippen MR) is 77.7 cm³/mol. The van der Waals surface area contributed by atoms with Crippen LogP contribution in [0.25, 0.3) is 10.9 Å². The number of aryl methyl sites for hydroxylation is 2. The molecule has 94 valence electrons. The molecule has 0 atom stereocenters. The van der Waals surface area contributed by atoms with E-state index in [1.165, 1.54) is 0 Å². The number of ether oxygens (including phenoxy) is 1. The molecule has 0 aliphatic carbocycles. The van der Waals surface area contributed by atoms with Crippen LogP contribution in [0.5, 0.6) is 11.5 Å². The summed E-state index contributed by atoms with van der Waals surface area (Å²) in [6, 6.07) is 18.0. The molecule has 0 unspecified atom stereocenters. The van der Waals surface area contributed by atoms with Crippen LogP contribution >= 0.6 is 0 Å². The average molecular weight is 249 g/mol. The van der Waals surface area contributed by atoms with Gasteiger partial charge in [-0.05, 0) is 32.0 Å². The first-order chi connectivity index (χ1) is 9.25. The van der Waals surface area contributed by atoms with Crippen LogP contribution in [-0.4, -0.2) is 4.98 Å². The van der Waals surface area contributed by atoms with Gasteiger partial charge in [0.25, 0.3) is 0 Å². The highest BCUT2D eigenvalue weighted by Gasteiger charge is 2.10. The molecule has 19 heavy (non-hydrogen) atoms. The molecule has 0 saturated heterocycles. The standard InChI is InChI=1S/C17H15NO/c1-12-15-10-6-7-11-16(15)18-13(2)17(12)19-14-8-4-3-5-9-14/h3-11H,1-2H3. The van der Waals surface area contributed by atoms with Gasteiger partial charge in [-0.2, -0.15) is 0 Å². The quantitative estimate of drug-likeness (QED) is 0.659. The Balaban J connectivity index is 2.13. The van der Waals surface area contributed by atoms with Crippen molar-refractivity contribution >= 4 is 10.9 Å². The molecule has 2 aromatic carbocycles. The van der Waals surface area contributed by atoms with Gasteiger partial charge in [-0.1, -0.05) is 36.4 Å². The molecule has 0 N–H and O–H groups in total. The molecule has 0 aliphatic heterocycles. The van der Waals surface area contributed by atoms with E-state index in [0.717, 1.165) is 33.7 Å². The number of para-hydroxylation sites is 2. The summed E-state index contributed by atoms with van der Waals surface area (Å²) in [6.07, 6.45) is 0. The third kappa shape index (κ3) is 2.17. The monoisotopic (exact) mass is 249 g/mol. The van der Waals surface area contributed by atoms with Gasteiger partial charge >= 0.3 is 0 Å². The summed E-state index contributed by atoms with van der Waals surface area (Å²) in [5.41, 5.74) is 3.06. The fourth-order valence-corrected chi connectivity index (χ4v) is 2.27. The summed E-state index contributed by atoms with van der Waals surface area (Å²) in [7, 11) is 0. The maximum absolute atomic E-state index is 5.99. The van der Waals surface area contributed by atoms with Crippen molar-refractivity contribution in [2.75, 3.05) is 0 Å². The van der Waals surface area contributed by atoms with E-state index < -0.39 is 0 Å². The average Bonchev–Trinajstić information content (AvgIpc) is 2.45. The Morgan fingerprint density at radius 3 is 2.32 bits per heavy atom. The molecule has 0 saturated carbocycles. The lowest BCUT2D eigenvalue weighted by atomic mass is 10.1. The fourth-order valence-electron chi connectivity index (χ4n) is 2.27. The van der Waals surface area contributed by atoms with Gasteiger partial charge in [0.05, 0.1) is 11.2 Å². The Bertz CT molecular complexity index is 720. The molecule has 0 bridgehead atoms. The summed E-state index contributed by atoms with van der Waals surface area (Å²) in [5.74, 6) is 1.69. The topological polar surface area (TPSA) is 22.1 Å². The lowest BCUT2D eigenvalue weighted by Gasteiger charge is -2.13. The minimum absolute atomic E-state index is 0.839. The minimum atomic E-state index is 0.839. The van der Waals surface area contributed by atoms with E-state index in [2.05, 4.69) is 18.0 Å². The van der Waals surface area contributed by atoms with Crippen molar-refractivity contribution in [1.82, 2.24) is 4.98 Å². The molecular formula is C17H15NO. The molecule has 2 nitrogen and oxygen atoms in total. The second-order valence-electron chi connectivity index (χ2n) is 4.58. The highest BCUT2D eigenvalue weighted by Crippen LogP contribution is 2.32. The number of hydrogen-bond donors (Lipinski definition) is 0. The molecule has 3 rings (SSSR count). The number of pyridine rings is 1. The SMILES string of the molecule is Cc1nc2ccccc2c(C)c1Oc1ccccc1. The van der Waals surface area contributed by atoms with Crippen LogP contribution in [0.2, 0.25) is 0 Å². The van der Waals surface area contributed by atoms with E-state index in [4.69, 9.17) is 4.74 Å². The third-order valence-electron chi connectivity index (χ3n) is 3.23. The van der Waals surface area contributed by atoms with Crippen LogP contribution in [0.3, 0.4) is 0 Å². The minimum Gasteiger partial charge on any atom is -0.455 e. The second kappa shape index (κ2) is 4.73. The van der Waals surface area contributed by atoms with E-state index >= 15 is 0 Å². The fraction of sp³-hybridized carbons (Fsp3) is 0.118. The third-order valence-corrected chi connectivity index (χ3v) is 3.23. The van der Waals surface area contributed by atoms with Crippen molar-refractivity contribution in [1.29, 1.82) is 0 Å². The van der Waals surface area contributed by atoms with Crippen LogP contribution in [0.4, 0.5) is 0 Å². The van der Waals surface area contributed by atoms with E-state index in [0.29, 0.717) is 0 Å². The Morgan fingerprint density at radius 1 is 0.842 bits per heavy atom. The number of aromatic nitrogens is 1. The molecule has 2 heteroatoms. The van der Waals surface area contributed by atoms with Gasteiger partial charge in [0.15, 0.2) is 5.75 Å². The number of hydrogen-bond acceptors (Lipinski definition) is 2. The summed E-state index contributed by atoms with van der Waals surface area (Å²) in [4.78, 5) is 4.61. The van der Waals surface area contributed by atoms with Crippen LogP contribution in [0.1, 0.15) is 11.3 Å². The lowest BCUT2D eigenvalue weighted by molar-refractivity contribution is 0.473. The molecule has 1 heterocycles. The summed E-state index contributed by atoms with van der Waals surface area (Å²) in [5, 5.41) is 1.14. The van der Waals surface area contributed by atoms with Gasteiger partial charge in [-0.25, -0.2) is 4.98 Å². The van der Waals surface area contributed by atoms with E-state index in [9.17, 15) is 0 Å². The Kier molecular flexibility index (Phi) is 2.92. The van der Waals surface area contributed by atoms with Gasteiger partial charge in [0, 0.05) is 10.9 Å². The van der Waals surface area contributed by atoms with Gasteiger partial charge in [0.1, 0.15) is 5.75 Å². The predicted octanol–water partition coefficient (Wildman–Crippen LogP) is 4.64. The molecular weight excluding hydrogens is 234 g/mol. The number of nitrogens with zero attached hydrogens (tertiary/aromatic N) is 1. The first-order valence-electron chi connectivity index (χ1n) is 6.34. The highest BCUT2D eigenvalue weighted by molar-refractivity contribution is 5.84. The second-order valence-corrected chi connectivity index (χ2v) is 4.58. The van der Waals surface area contributed by atoms with Crippen molar-refractivity contribution in [3.05, 3.63) is 65.9 Å². The summed E-state index contributed by atoms with van der Waals surface area (Å²) in [6.45, 7) is 4.06. The van der Waals surface area contributed by atoms with E-state index in [-0.39, 0.29) is 0 Å². The Morgan fingerprint density at radius 2 is 1.53 bits per heavy atom. The number of benzene rings is 2. The van der Waals surface area contributed by atoms with Crippen LogP contribution in [0, 0.1) is 13.8 Å². The van der Waals surface area contributed by atoms with E-state index in [1.54, 1.807) is 0 Å². The zero-order valence-corrected chi connectivity index (χ0v) is 11.1. The normalized spacial score (nSPS) is 10.6. The lowest BCUT2D eigenvalue weighted by Crippen LogP contribution is -1.95. The Labute approximate surface area is 112 Å². The van der Waals surface area contributed by atoms with E-state index in [1.807, 2.05) is 55.5 Å². The molecule has 0 radical (unpaired) electrons. The molecule has 0 spiro atoms. The molecule has 0 amide bonds. The molecule has 0 fully saturated rings. The maximum Gasteiger partial charge on any atom is 0.152 e. The zero-order chi connectivity index (χ0) is 13.2. The van der Waals surface area contributed by atoms with Gasteiger partial charge in [-0.3, -0.25) is 0 Å². The first kappa shape index (κ1) is 11.7. The van der Waals surface area contributed by atoms with Crippen molar-refractivity contribution < 1.29 is 4.74 Å². The molecule has 1 aromatic heterocycles. The summed E-state index contributed by atoms with van der Waals surface area (Å²) < 4.78 is 5.99. The van der Waals surface area contributed by atoms with Crippen molar-refractivity contribution in [3.63, 3.8) is 0 Å². The number of rotatable bonds is 2. The van der Waals surface area contributed by atoms with Crippen molar-refractivity contribution in [2.24, 2.45) is 0 Å². The zero-order valence-electron chi connectivity index (χ0n) is 11.1. The van der Waals surface area contributed by atoms with Crippen LogP contribution < -0.4 is 4.74 Å². The van der Waals surface area contributed by atoms with Gasteiger partial charge < -0.3 is 4.74 Å². The maximum atomic E-state index is 5.99. The van der Waals surface area contributed by atoms with Gasteiger partial charge in [0.2, 0.25) is 0 Å². The Hall–Kier alpha value is -2.35. The largest absolute Gasteiger partial charge is 0.455 e. The van der Waals surface area contributed by atoms with Crippen molar-refractivity contribution in [3.8, 4) is 11.5 Å². The van der Waals surface area contributed by atoms with Crippen LogP contribution in [-0.2, 0) is 0 Å². The first-order valence-corrected chi connectivity index (χ1v) is 6.34. The molecule has 3 aromatic rings.